The van der Waals surface area contributed by atoms with Crippen LogP contribution in [0.3, 0.4) is 0 Å². The molecule has 6 heteroatoms. The molecule has 162 valence electrons. The maximum absolute atomic E-state index is 12.6. The smallest absolute Gasteiger partial charge is 0.279 e. The van der Waals surface area contributed by atoms with Crippen molar-refractivity contribution in [2.75, 3.05) is 32.1 Å². The third-order valence-corrected chi connectivity index (χ3v) is 5.33. The Morgan fingerprint density at radius 2 is 1.68 bits per heavy atom. The fraction of sp³-hybridized carbons (Fsp3) is 0.280. The van der Waals surface area contributed by atoms with Gasteiger partial charge in [0.05, 0.1) is 19.7 Å². The highest BCUT2D eigenvalue weighted by atomic mass is 16.5. The van der Waals surface area contributed by atoms with Gasteiger partial charge < -0.3 is 20.3 Å². The zero-order valence-electron chi connectivity index (χ0n) is 18.3. The molecule has 1 unspecified atom stereocenters. The summed E-state index contributed by atoms with van der Waals surface area (Å²) in [6.07, 6.45) is 0. The Bertz CT molecular complexity index is 1050. The molecule has 3 N–H and O–H groups in total. The molecule has 31 heavy (non-hydrogen) atoms. The molecule has 0 bridgehead atoms. The van der Waals surface area contributed by atoms with Crippen molar-refractivity contribution in [3.8, 4) is 5.75 Å². The van der Waals surface area contributed by atoms with Crippen molar-refractivity contribution < 1.29 is 19.2 Å². The number of methoxy groups -OCH3 is 1. The summed E-state index contributed by atoms with van der Waals surface area (Å²) in [5.41, 5.74) is 1.73. The summed E-state index contributed by atoms with van der Waals surface area (Å²) in [6.45, 7) is 5.06. The summed E-state index contributed by atoms with van der Waals surface area (Å²) < 4.78 is 5.18. The highest BCUT2D eigenvalue weighted by Gasteiger charge is 2.19. The number of carbonyl (C=O) groups is 2. The third kappa shape index (κ3) is 6.30. The van der Waals surface area contributed by atoms with Crippen molar-refractivity contribution in [3.63, 3.8) is 0 Å². The minimum atomic E-state index is -0.138. The van der Waals surface area contributed by atoms with Gasteiger partial charge in [-0.25, -0.2) is 0 Å². The van der Waals surface area contributed by atoms with E-state index in [0.717, 1.165) is 15.8 Å². The number of carbonyl (C=O) groups excluding carboxylic acids is 2. The van der Waals surface area contributed by atoms with Crippen LogP contribution >= 0.6 is 0 Å². The van der Waals surface area contributed by atoms with E-state index in [1.54, 1.807) is 13.2 Å². The number of ether oxygens (including phenoxy) is 1. The molecule has 0 aliphatic carbocycles. The average molecular weight is 421 g/mol. The Hall–Kier alpha value is -3.38. The number of anilines is 1. The van der Waals surface area contributed by atoms with Crippen LogP contribution in [0.2, 0.25) is 0 Å². The van der Waals surface area contributed by atoms with E-state index in [9.17, 15) is 9.59 Å². The number of quaternary nitrogens is 1. The van der Waals surface area contributed by atoms with Gasteiger partial charge in [-0.1, -0.05) is 42.5 Å². The second-order valence-electron chi connectivity index (χ2n) is 7.63. The molecule has 0 fully saturated rings. The zero-order valence-corrected chi connectivity index (χ0v) is 18.3. The number of amides is 2. The van der Waals surface area contributed by atoms with Crippen molar-refractivity contribution in [1.29, 1.82) is 0 Å². The highest BCUT2D eigenvalue weighted by molar-refractivity contribution is 5.91. The van der Waals surface area contributed by atoms with Crippen LogP contribution in [0, 0.1) is 0 Å². The Morgan fingerprint density at radius 3 is 2.42 bits per heavy atom. The molecular formula is C25H30N3O3+. The van der Waals surface area contributed by atoms with Gasteiger partial charge >= 0.3 is 0 Å². The van der Waals surface area contributed by atoms with Crippen LogP contribution < -0.4 is 20.3 Å². The number of likely N-dealkylation sites (N-methyl/N-ethyl adjacent to an activating group) is 1. The van der Waals surface area contributed by atoms with Crippen molar-refractivity contribution in [2.45, 2.75) is 19.9 Å². The summed E-state index contributed by atoms with van der Waals surface area (Å²) >= 11 is 0. The maximum atomic E-state index is 12.6. The summed E-state index contributed by atoms with van der Waals surface area (Å²) in [6, 6.07) is 21.5. The number of nitrogens with one attached hydrogen (secondary N) is 3. The molecule has 0 aromatic heterocycles. The van der Waals surface area contributed by atoms with Crippen molar-refractivity contribution in [2.24, 2.45) is 0 Å². The second-order valence-corrected chi connectivity index (χ2v) is 7.63. The van der Waals surface area contributed by atoms with Crippen LogP contribution in [-0.4, -0.2) is 38.6 Å². The molecule has 0 saturated heterocycles. The van der Waals surface area contributed by atoms with Crippen LogP contribution in [0.25, 0.3) is 10.8 Å². The number of hydrogen-bond donors (Lipinski definition) is 3. The fourth-order valence-electron chi connectivity index (χ4n) is 3.53. The first kappa shape index (κ1) is 22.3. The number of fused-ring (bicyclic) bond motifs is 1. The molecule has 2 amide bonds. The van der Waals surface area contributed by atoms with Crippen LogP contribution in [0.4, 0.5) is 5.69 Å². The number of benzene rings is 3. The molecule has 0 heterocycles. The summed E-state index contributed by atoms with van der Waals surface area (Å²) in [5, 5.41) is 8.25. The van der Waals surface area contributed by atoms with Crippen LogP contribution in [0.5, 0.6) is 5.75 Å². The van der Waals surface area contributed by atoms with Crippen molar-refractivity contribution in [3.05, 3.63) is 72.3 Å². The number of rotatable bonds is 9. The SMILES string of the molecule is CC[NH+](CC(=O)Nc1cccc(OC)c1)CC(=O)N[C@H](C)c1ccc2ccccc2c1. The van der Waals surface area contributed by atoms with Gasteiger partial charge in [0.15, 0.2) is 13.1 Å². The second kappa shape index (κ2) is 10.6. The summed E-state index contributed by atoms with van der Waals surface area (Å²) in [7, 11) is 1.58. The lowest BCUT2D eigenvalue weighted by atomic mass is 10.0. The van der Waals surface area contributed by atoms with Crippen molar-refractivity contribution >= 4 is 28.3 Å². The van der Waals surface area contributed by atoms with Crippen LogP contribution in [0.15, 0.2) is 66.7 Å². The topological polar surface area (TPSA) is 71.9 Å². The zero-order chi connectivity index (χ0) is 22.2. The molecule has 3 aromatic carbocycles. The number of hydrogen-bond acceptors (Lipinski definition) is 3. The normalized spacial score (nSPS) is 12.7. The Morgan fingerprint density at radius 1 is 0.935 bits per heavy atom. The molecule has 3 aromatic rings. The highest BCUT2D eigenvalue weighted by Crippen LogP contribution is 2.20. The van der Waals surface area contributed by atoms with Gasteiger partial charge in [0.1, 0.15) is 5.75 Å². The molecule has 0 aliphatic heterocycles. The standard InChI is InChI=1S/C25H29N3O3/c1-4-28(17-25(30)27-22-10-7-11-23(15-22)31-3)16-24(29)26-18(2)20-13-12-19-8-5-6-9-21(19)14-20/h5-15,18H,4,16-17H2,1-3H3,(H,26,29)(H,27,30)/p+1/t18-/m1/s1. The van der Waals surface area contributed by atoms with E-state index in [1.165, 1.54) is 5.39 Å². The van der Waals surface area contributed by atoms with Gasteiger partial charge in [-0.15, -0.1) is 0 Å². The summed E-state index contributed by atoms with van der Waals surface area (Å²) in [5.74, 6) is 0.465. The van der Waals surface area contributed by atoms with E-state index < -0.39 is 0 Å². The Balaban J connectivity index is 1.53. The van der Waals surface area contributed by atoms with Gasteiger partial charge in [0.2, 0.25) is 0 Å². The fourth-order valence-corrected chi connectivity index (χ4v) is 3.53. The van der Waals surface area contributed by atoms with Crippen LogP contribution in [0.1, 0.15) is 25.5 Å². The van der Waals surface area contributed by atoms with E-state index in [0.29, 0.717) is 18.0 Å². The predicted octanol–water partition coefficient (Wildman–Crippen LogP) is 2.57. The van der Waals surface area contributed by atoms with Crippen molar-refractivity contribution in [1.82, 2.24) is 5.32 Å². The molecule has 6 nitrogen and oxygen atoms in total. The molecule has 0 saturated carbocycles. The lowest BCUT2D eigenvalue weighted by Gasteiger charge is -2.19. The van der Waals surface area contributed by atoms with E-state index >= 15 is 0 Å². The van der Waals surface area contributed by atoms with E-state index in [-0.39, 0.29) is 30.9 Å². The molecule has 0 aliphatic rings. The predicted molar refractivity (Wildman–Crippen MR) is 123 cm³/mol. The van der Waals surface area contributed by atoms with Gasteiger partial charge in [-0.2, -0.15) is 0 Å². The third-order valence-electron chi connectivity index (χ3n) is 5.33. The Labute approximate surface area is 183 Å². The lowest BCUT2D eigenvalue weighted by Crippen LogP contribution is -3.14. The monoisotopic (exact) mass is 420 g/mol. The van der Waals surface area contributed by atoms with E-state index in [1.807, 2.05) is 50.2 Å². The molecule has 2 atom stereocenters. The van der Waals surface area contributed by atoms with E-state index in [4.69, 9.17) is 4.74 Å². The average Bonchev–Trinajstić information content (AvgIpc) is 2.78. The molecule has 3 rings (SSSR count). The minimum Gasteiger partial charge on any atom is -0.497 e. The van der Waals surface area contributed by atoms with Gasteiger partial charge in [-0.05, 0) is 48.4 Å². The van der Waals surface area contributed by atoms with Gasteiger partial charge in [0.25, 0.3) is 11.8 Å². The molecule has 0 spiro atoms. The van der Waals surface area contributed by atoms with E-state index in [2.05, 4.69) is 34.9 Å². The maximum Gasteiger partial charge on any atom is 0.279 e. The van der Waals surface area contributed by atoms with Gasteiger partial charge in [0, 0.05) is 11.8 Å². The lowest BCUT2D eigenvalue weighted by molar-refractivity contribution is -0.881. The Kier molecular flexibility index (Phi) is 7.62. The first-order chi connectivity index (χ1) is 15.0. The van der Waals surface area contributed by atoms with Gasteiger partial charge in [-0.3, -0.25) is 9.59 Å². The van der Waals surface area contributed by atoms with Crippen LogP contribution in [-0.2, 0) is 9.59 Å². The largest absolute Gasteiger partial charge is 0.497 e. The minimum absolute atomic E-state index is 0.0771. The first-order valence-electron chi connectivity index (χ1n) is 10.5. The quantitative estimate of drug-likeness (QED) is 0.498. The first-order valence-corrected chi connectivity index (χ1v) is 10.5. The molecule has 0 radical (unpaired) electrons. The summed E-state index contributed by atoms with van der Waals surface area (Å²) in [4.78, 5) is 25.9. The molecular weight excluding hydrogens is 390 g/mol.